The standard InChI is InChI=1S/C19H26N4/c1-14-4-6-17(7-5-14)13-20-18-12-19(22-16(3)21-18)23-10-8-15(2)9-11-23/h4-7,12,15H,8-11,13H2,1-3H3,(H,20,21,22). The molecule has 1 saturated heterocycles. The van der Waals surface area contributed by atoms with Crippen LogP contribution in [0, 0.1) is 19.8 Å². The minimum absolute atomic E-state index is 0.785. The molecule has 4 nitrogen and oxygen atoms in total. The molecule has 0 saturated carbocycles. The molecule has 0 atom stereocenters. The van der Waals surface area contributed by atoms with Crippen molar-refractivity contribution in [1.82, 2.24) is 9.97 Å². The summed E-state index contributed by atoms with van der Waals surface area (Å²) in [7, 11) is 0. The maximum atomic E-state index is 4.62. The molecular weight excluding hydrogens is 284 g/mol. The van der Waals surface area contributed by atoms with E-state index in [1.165, 1.54) is 24.0 Å². The summed E-state index contributed by atoms with van der Waals surface area (Å²) >= 11 is 0. The van der Waals surface area contributed by atoms with Gasteiger partial charge in [-0.05, 0) is 38.2 Å². The zero-order valence-electron chi connectivity index (χ0n) is 14.3. The first-order chi connectivity index (χ1) is 11.1. The number of nitrogens with zero attached hydrogens (tertiary/aromatic N) is 3. The lowest BCUT2D eigenvalue weighted by Gasteiger charge is -2.31. The molecule has 4 heteroatoms. The molecule has 1 aromatic heterocycles. The Morgan fingerprint density at radius 3 is 2.48 bits per heavy atom. The fourth-order valence-electron chi connectivity index (χ4n) is 2.94. The molecule has 23 heavy (non-hydrogen) atoms. The van der Waals surface area contributed by atoms with E-state index in [1.807, 2.05) is 6.92 Å². The molecule has 1 aromatic carbocycles. The lowest BCUT2D eigenvalue weighted by Crippen LogP contribution is -2.33. The van der Waals surface area contributed by atoms with Crippen molar-refractivity contribution in [3.63, 3.8) is 0 Å². The minimum Gasteiger partial charge on any atom is -0.366 e. The second-order valence-electron chi connectivity index (χ2n) is 6.67. The number of benzene rings is 1. The first-order valence-electron chi connectivity index (χ1n) is 8.50. The molecule has 1 aliphatic heterocycles. The van der Waals surface area contributed by atoms with Crippen LogP contribution in [0.2, 0.25) is 0 Å². The van der Waals surface area contributed by atoms with Gasteiger partial charge in [0.1, 0.15) is 17.5 Å². The van der Waals surface area contributed by atoms with Gasteiger partial charge >= 0.3 is 0 Å². The number of anilines is 2. The van der Waals surface area contributed by atoms with Crippen molar-refractivity contribution in [2.24, 2.45) is 5.92 Å². The van der Waals surface area contributed by atoms with Gasteiger partial charge in [0.25, 0.3) is 0 Å². The maximum absolute atomic E-state index is 4.62. The lowest BCUT2D eigenvalue weighted by molar-refractivity contribution is 0.436. The van der Waals surface area contributed by atoms with E-state index in [4.69, 9.17) is 0 Å². The van der Waals surface area contributed by atoms with Crippen molar-refractivity contribution in [1.29, 1.82) is 0 Å². The Morgan fingerprint density at radius 2 is 1.78 bits per heavy atom. The molecule has 1 N–H and O–H groups in total. The Bertz CT molecular complexity index is 643. The van der Waals surface area contributed by atoms with Crippen molar-refractivity contribution in [2.75, 3.05) is 23.3 Å². The average molecular weight is 310 g/mol. The van der Waals surface area contributed by atoms with Crippen LogP contribution in [0.1, 0.15) is 36.7 Å². The van der Waals surface area contributed by atoms with Crippen LogP contribution >= 0.6 is 0 Å². The zero-order chi connectivity index (χ0) is 16.2. The Kier molecular flexibility index (Phi) is 4.79. The SMILES string of the molecule is Cc1ccc(CNc2cc(N3CCC(C)CC3)nc(C)n2)cc1. The normalized spacial score (nSPS) is 15.7. The highest BCUT2D eigenvalue weighted by molar-refractivity contribution is 5.50. The van der Waals surface area contributed by atoms with Crippen molar-refractivity contribution in [3.8, 4) is 0 Å². The van der Waals surface area contributed by atoms with E-state index < -0.39 is 0 Å². The van der Waals surface area contributed by atoms with Crippen molar-refractivity contribution >= 4 is 11.6 Å². The molecule has 0 aliphatic carbocycles. The average Bonchev–Trinajstić information content (AvgIpc) is 2.54. The Hall–Kier alpha value is -2.10. The van der Waals surface area contributed by atoms with Crippen molar-refractivity contribution in [2.45, 2.75) is 40.2 Å². The van der Waals surface area contributed by atoms with E-state index >= 15 is 0 Å². The van der Waals surface area contributed by atoms with Crippen LogP contribution in [0.5, 0.6) is 0 Å². The van der Waals surface area contributed by atoms with Gasteiger partial charge in [0.15, 0.2) is 0 Å². The van der Waals surface area contributed by atoms with E-state index in [0.717, 1.165) is 43.0 Å². The monoisotopic (exact) mass is 310 g/mol. The van der Waals surface area contributed by atoms with E-state index in [0.29, 0.717) is 0 Å². The quantitative estimate of drug-likeness (QED) is 0.928. The van der Waals surface area contributed by atoms with Crippen LogP contribution < -0.4 is 10.2 Å². The third-order valence-electron chi connectivity index (χ3n) is 4.53. The van der Waals surface area contributed by atoms with Gasteiger partial charge in [-0.3, -0.25) is 0 Å². The van der Waals surface area contributed by atoms with Gasteiger partial charge in [-0.2, -0.15) is 0 Å². The van der Waals surface area contributed by atoms with Crippen molar-refractivity contribution < 1.29 is 0 Å². The summed E-state index contributed by atoms with van der Waals surface area (Å²) in [4.78, 5) is 11.5. The second kappa shape index (κ2) is 6.99. The first kappa shape index (κ1) is 15.8. The summed E-state index contributed by atoms with van der Waals surface area (Å²) in [6.45, 7) is 9.37. The Labute approximate surface area is 139 Å². The molecule has 2 aromatic rings. The molecule has 0 spiro atoms. The topological polar surface area (TPSA) is 41.0 Å². The van der Waals surface area contributed by atoms with Crippen LogP contribution in [0.3, 0.4) is 0 Å². The fraction of sp³-hybridized carbons (Fsp3) is 0.474. The summed E-state index contributed by atoms with van der Waals surface area (Å²) in [6, 6.07) is 10.7. The van der Waals surface area contributed by atoms with Crippen LogP contribution in [0.15, 0.2) is 30.3 Å². The second-order valence-corrected chi connectivity index (χ2v) is 6.67. The fourth-order valence-corrected chi connectivity index (χ4v) is 2.94. The summed E-state index contributed by atoms with van der Waals surface area (Å²) in [6.07, 6.45) is 2.49. The first-order valence-corrected chi connectivity index (χ1v) is 8.50. The molecule has 0 unspecified atom stereocenters. The van der Waals surface area contributed by atoms with Gasteiger partial charge in [0, 0.05) is 25.7 Å². The molecule has 2 heterocycles. The van der Waals surface area contributed by atoms with Crippen LogP contribution in [-0.2, 0) is 6.54 Å². The lowest BCUT2D eigenvalue weighted by atomic mass is 9.99. The number of aryl methyl sites for hydroxylation is 2. The summed E-state index contributed by atoms with van der Waals surface area (Å²) in [5, 5.41) is 3.43. The van der Waals surface area contributed by atoms with Crippen LogP contribution in [-0.4, -0.2) is 23.1 Å². The predicted molar refractivity (Wildman–Crippen MR) is 95.9 cm³/mol. The van der Waals surface area contributed by atoms with Gasteiger partial charge in [0.05, 0.1) is 0 Å². The largest absolute Gasteiger partial charge is 0.366 e. The molecule has 1 aliphatic rings. The number of rotatable bonds is 4. The maximum Gasteiger partial charge on any atom is 0.134 e. The highest BCUT2D eigenvalue weighted by Gasteiger charge is 2.17. The summed E-state index contributed by atoms with van der Waals surface area (Å²) in [5.41, 5.74) is 2.55. The molecule has 0 radical (unpaired) electrons. The highest BCUT2D eigenvalue weighted by Crippen LogP contribution is 2.23. The smallest absolute Gasteiger partial charge is 0.134 e. The van der Waals surface area contributed by atoms with Crippen LogP contribution in [0.4, 0.5) is 11.6 Å². The molecule has 0 bridgehead atoms. The van der Waals surface area contributed by atoms with Gasteiger partial charge in [-0.25, -0.2) is 9.97 Å². The molecule has 3 rings (SSSR count). The summed E-state index contributed by atoms with van der Waals surface area (Å²) < 4.78 is 0. The molecule has 122 valence electrons. The van der Waals surface area contributed by atoms with Gasteiger partial charge in [-0.1, -0.05) is 36.8 Å². The number of aromatic nitrogens is 2. The molecule has 0 amide bonds. The van der Waals surface area contributed by atoms with E-state index in [-0.39, 0.29) is 0 Å². The van der Waals surface area contributed by atoms with E-state index in [9.17, 15) is 0 Å². The summed E-state index contributed by atoms with van der Waals surface area (Å²) in [5.74, 6) is 3.61. The number of hydrogen-bond acceptors (Lipinski definition) is 4. The van der Waals surface area contributed by atoms with E-state index in [1.54, 1.807) is 0 Å². The number of piperidine rings is 1. The highest BCUT2D eigenvalue weighted by atomic mass is 15.2. The number of hydrogen-bond donors (Lipinski definition) is 1. The third-order valence-corrected chi connectivity index (χ3v) is 4.53. The van der Waals surface area contributed by atoms with E-state index in [2.05, 4.69) is 64.4 Å². The molecular formula is C19H26N4. The minimum atomic E-state index is 0.785. The van der Waals surface area contributed by atoms with Gasteiger partial charge < -0.3 is 10.2 Å². The molecule has 1 fully saturated rings. The number of nitrogens with one attached hydrogen (secondary N) is 1. The van der Waals surface area contributed by atoms with Gasteiger partial charge in [0.2, 0.25) is 0 Å². The zero-order valence-corrected chi connectivity index (χ0v) is 14.3. The third kappa shape index (κ3) is 4.21. The predicted octanol–water partition coefficient (Wildman–Crippen LogP) is 3.94. The Balaban J connectivity index is 1.68. The Morgan fingerprint density at radius 1 is 1.09 bits per heavy atom. The van der Waals surface area contributed by atoms with Gasteiger partial charge in [-0.15, -0.1) is 0 Å². The van der Waals surface area contributed by atoms with Crippen molar-refractivity contribution in [3.05, 3.63) is 47.3 Å². The van der Waals surface area contributed by atoms with Crippen LogP contribution in [0.25, 0.3) is 0 Å².